The fourth-order valence-corrected chi connectivity index (χ4v) is 5.76. The zero-order valence-corrected chi connectivity index (χ0v) is 24.7. The minimum atomic E-state index is -0.248. The third-order valence-corrected chi connectivity index (χ3v) is 7.39. The van der Waals surface area contributed by atoms with Crippen molar-refractivity contribution < 1.29 is 4.74 Å². The van der Waals surface area contributed by atoms with E-state index in [0.717, 1.165) is 12.3 Å². The molecule has 0 aromatic heterocycles. The summed E-state index contributed by atoms with van der Waals surface area (Å²) in [5, 5.41) is 0. The van der Waals surface area contributed by atoms with Crippen molar-refractivity contribution in [1.29, 1.82) is 0 Å². The summed E-state index contributed by atoms with van der Waals surface area (Å²) < 4.78 is 6.56. The Hall–Kier alpha value is -1.80. The highest BCUT2D eigenvalue weighted by atomic mass is 16.5. The van der Waals surface area contributed by atoms with Crippen LogP contribution in [-0.2, 0) is 28.4 Å². The lowest BCUT2D eigenvalue weighted by atomic mass is 9.70. The van der Waals surface area contributed by atoms with E-state index in [1.807, 2.05) is 0 Å². The summed E-state index contributed by atoms with van der Waals surface area (Å²) in [6.45, 7) is 31.0. The molecular formula is C32H49NO. The predicted molar refractivity (Wildman–Crippen MR) is 148 cm³/mol. The normalized spacial score (nSPS) is 15.8. The van der Waals surface area contributed by atoms with Gasteiger partial charge < -0.3 is 9.64 Å². The molecule has 0 unspecified atom stereocenters. The Balaban J connectivity index is 2.60. The number of benzene rings is 2. The Kier molecular flexibility index (Phi) is 6.40. The predicted octanol–water partition coefficient (Wildman–Crippen LogP) is 8.55. The van der Waals surface area contributed by atoms with Gasteiger partial charge in [-0.2, -0.15) is 0 Å². The van der Waals surface area contributed by atoms with Gasteiger partial charge in [0, 0.05) is 17.7 Å². The average Bonchev–Trinajstić information content (AvgIpc) is 2.59. The van der Waals surface area contributed by atoms with Crippen LogP contribution in [0.5, 0.6) is 5.75 Å². The van der Waals surface area contributed by atoms with Crippen LogP contribution in [0.2, 0.25) is 0 Å². The number of ether oxygens (including phenoxy) is 1. The summed E-state index contributed by atoms with van der Waals surface area (Å²) in [6.07, 6.45) is 0. The second-order valence-electron chi connectivity index (χ2n) is 14.4. The molecule has 2 aromatic rings. The van der Waals surface area contributed by atoms with Crippen LogP contribution in [0.3, 0.4) is 0 Å². The first-order chi connectivity index (χ1) is 15.2. The zero-order chi connectivity index (χ0) is 26.2. The summed E-state index contributed by atoms with van der Waals surface area (Å²) in [4.78, 5) is 2.31. The summed E-state index contributed by atoms with van der Waals surface area (Å²) in [5.41, 5.74) is 12.4. The first kappa shape index (κ1) is 26.8. The molecule has 188 valence electrons. The molecular weight excluding hydrogens is 414 g/mol. The first-order valence-corrected chi connectivity index (χ1v) is 12.9. The second-order valence-corrected chi connectivity index (χ2v) is 14.4. The summed E-state index contributed by atoms with van der Waals surface area (Å²) in [5.74, 6) is 1.09. The van der Waals surface area contributed by atoms with Crippen molar-refractivity contribution in [1.82, 2.24) is 4.90 Å². The summed E-state index contributed by atoms with van der Waals surface area (Å²) in [6, 6.07) is 4.91. The van der Waals surface area contributed by atoms with E-state index in [0.29, 0.717) is 0 Å². The van der Waals surface area contributed by atoms with Gasteiger partial charge >= 0.3 is 0 Å². The van der Waals surface area contributed by atoms with Gasteiger partial charge in [-0.05, 0) is 103 Å². The van der Waals surface area contributed by atoms with Gasteiger partial charge in [0.25, 0.3) is 0 Å². The smallest absolute Gasteiger partial charge is 0.135 e. The number of hydrogen-bond acceptors (Lipinski definition) is 2. The van der Waals surface area contributed by atoms with Gasteiger partial charge in [0.2, 0.25) is 0 Å². The van der Waals surface area contributed by atoms with Crippen LogP contribution >= 0.6 is 0 Å². The number of nitrogens with zero attached hydrogens (tertiary/aromatic N) is 1. The van der Waals surface area contributed by atoms with E-state index in [1.54, 1.807) is 0 Å². The monoisotopic (exact) mass is 463 g/mol. The lowest BCUT2D eigenvalue weighted by Gasteiger charge is -2.43. The fourth-order valence-electron chi connectivity index (χ4n) is 5.76. The van der Waals surface area contributed by atoms with Crippen LogP contribution in [-0.4, -0.2) is 19.0 Å². The van der Waals surface area contributed by atoms with E-state index >= 15 is 0 Å². The van der Waals surface area contributed by atoms with E-state index in [4.69, 9.17) is 4.74 Å². The molecule has 0 amide bonds. The minimum absolute atomic E-state index is 0.0383. The van der Waals surface area contributed by atoms with Gasteiger partial charge in [0.1, 0.15) is 11.4 Å². The molecule has 1 aliphatic rings. The average molecular weight is 464 g/mol. The highest BCUT2D eigenvalue weighted by molar-refractivity contribution is 5.85. The topological polar surface area (TPSA) is 12.5 Å². The third-order valence-electron chi connectivity index (χ3n) is 7.39. The van der Waals surface area contributed by atoms with Crippen LogP contribution in [0.25, 0.3) is 11.1 Å². The van der Waals surface area contributed by atoms with Crippen LogP contribution in [0.15, 0.2) is 12.1 Å². The van der Waals surface area contributed by atoms with Gasteiger partial charge in [-0.3, -0.25) is 0 Å². The Morgan fingerprint density at radius 2 is 1.15 bits per heavy atom. The molecule has 0 aliphatic carbocycles. The van der Waals surface area contributed by atoms with Crippen molar-refractivity contribution in [3.63, 3.8) is 0 Å². The van der Waals surface area contributed by atoms with Crippen LogP contribution < -0.4 is 4.74 Å². The third kappa shape index (κ3) is 4.55. The molecule has 3 rings (SSSR count). The maximum atomic E-state index is 6.56. The lowest BCUT2D eigenvalue weighted by Crippen LogP contribution is -2.37. The zero-order valence-electron chi connectivity index (χ0n) is 24.7. The molecule has 0 spiro atoms. The largest absolute Gasteiger partial charge is 0.482 e. The van der Waals surface area contributed by atoms with Crippen molar-refractivity contribution in [2.24, 2.45) is 0 Å². The molecule has 0 bridgehead atoms. The van der Waals surface area contributed by atoms with Gasteiger partial charge in [-0.15, -0.1) is 0 Å². The molecule has 1 aliphatic heterocycles. The lowest BCUT2D eigenvalue weighted by molar-refractivity contribution is 0.0524. The minimum Gasteiger partial charge on any atom is -0.482 e. The summed E-state index contributed by atoms with van der Waals surface area (Å²) >= 11 is 0. The van der Waals surface area contributed by atoms with E-state index in [2.05, 4.69) is 121 Å². The van der Waals surface area contributed by atoms with Gasteiger partial charge in [0.05, 0.1) is 0 Å². The van der Waals surface area contributed by atoms with Crippen molar-refractivity contribution in [2.75, 3.05) is 14.1 Å². The van der Waals surface area contributed by atoms with Crippen molar-refractivity contribution in [3.05, 3.63) is 51.1 Å². The maximum absolute atomic E-state index is 6.56. The molecule has 0 saturated heterocycles. The van der Waals surface area contributed by atoms with Gasteiger partial charge in [0.15, 0.2) is 0 Å². The van der Waals surface area contributed by atoms with Crippen LogP contribution in [0.4, 0.5) is 0 Å². The Bertz CT molecular complexity index is 1110. The van der Waals surface area contributed by atoms with E-state index < -0.39 is 0 Å². The maximum Gasteiger partial charge on any atom is 0.135 e. The van der Waals surface area contributed by atoms with Crippen molar-refractivity contribution >= 4 is 0 Å². The second kappa shape index (κ2) is 8.12. The Morgan fingerprint density at radius 3 is 1.56 bits per heavy atom. The van der Waals surface area contributed by atoms with E-state index in [1.165, 1.54) is 50.1 Å². The summed E-state index contributed by atoms with van der Waals surface area (Å²) in [7, 11) is 4.36. The molecule has 0 N–H and O–H groups in total. The quantitative estimate of drug-likeness (QED) is 0.452. The first-order valence-electron chi connectivity index (χ1n) is 12.9. The Labute approximate surface area is 210 Å². The molecule has 0 atom stereocenters. The number of fused-ring (bicyclic) bond motifs is 1. The Morgan fingerprint density at radius 1 is 0.706 bits per heavy atom. The molecule has 1 heterocycles. The van der Waals surface area contributed by atoms with Crippen molar-refractivity contribution in [3.8, 4) is 16.9 Å². The molecule has 0 saturated carbocycles. The SMILES string of the molecule is Cc1c(C(C)(C)C)cc(C(C)(C)C)c(CN(C)C)c1-c1c(C)c(C(C)(C)C)cc2c1OC2(C)C. The highest BCUT2D eigenvalue weighted by Gasteiger charge is 2.42. The van der Waals surface area contributed by atoms with E-state index in [-0.39, 0.29) is 21.8 Å². The standard InChI is InChI=1S/C32H49NO/c1-19-22(29(3,4)5)16-24(31(9,10)11)21(18-33(14)15)26(19)27-20(2)23(30(6,7)8)17-25-28(27)34-32(25,12)13/h16-17H,18H2,1-15H3. The molecule has 0 radical (unpaired) electrons. The molecule has 2 aromatic carbocycles. The highest BCUT2D eigenvalue weighted by Crippen LogP contribution is 2.55. The molecule has 34 heavy (non-hydrogen) atoms. The van der Waals surface area contributed by atoms with Crippen molar-refractivity contribution in [2.45, 2.75) is 118 Å². The molecule has 2 heteroatoms. The fraction of sp³-hybridized carbons (Fsp3) is 0.625. The van der Waals surface area contributed by atoms with Gasteiger partial charge in [-0.1, -0.05) is 68.4 Å². The van der Waals surface area contributed by atoms with Crippen LogP contribution in [0.1, 0.15) is 115 Å². The number of hydrogen-bond donors (Lipinski definition) is 0. The van der Waals surface area contributed by atoms with Crippen LogP contribution in [0, 0.1) is 13.8 Å². The molecule has 0 fully saturated rings. The molecule has 2 nitrogen and oxygen atoms in total. The number of rotatable bonds is 3. The van der Waals surface area contributed by atoms with Gasteiger partial charge in [-0.25, -0.2) is 0 Å². The van der Waals surface area contributed by atoms with E-state index in [9.17, 15) is 0 Å².